The van der Waals surface area contributed by atoms with Gasteiger partial charge in [-0.2, -0.15) is 5.10 Å². The minimum Gasteiger partial charge on any atom is -0.487 e. The van der Waals surface area contributed by atoms with Gasteiger partial charge in [-0.15, -0.1) is 0 Å². The zero-order valence-corrected chi connectivity index (χ0v) is 10.5. The van der Waals surface area contributed by atoms with Gasteiger partial charge in [-0.05, 0) is 12.1 Å². The zero-order chi connectivity index (χ0) is 12.8. The quantitative estimate of drug-likeness (QED) is 0.786. The smallest absolute Gasteiger partial charge is 0.174 e. The molecule has 0 aromatic carbocycles. The Morgan fingerprint density at radius 1 is 1.33 bits per heavy atom. The standard InChI is InChI=1S/C12H16N4O2/c1-16-7-5-11(15-16)14-12-10(4-3-6-13-12)18-9-8-17-2/h3-7H,8-9H2,1-2H3,(H,13,14,15). The maximum absolute atomic E-state index is 5.57. The molecule has 0 unspecified atom stereocenters. The van der Waals surface area contributed by atoms with Crippen molar-refractivity contribution in [2.24, 2.45) is 7.05 Å². The van der Waals surface area contributed by atoms with Crippen LogP contribution in [0.2, 0.25) is 0 Å². The van der Waals surface area contributed by atoms with E-state index in [1.807, 2.05) is 31.4 Å². The average Bonchev–Trinajstić information content (AvgIpc) is 2.77. The van der Waals surface area contributed by atoms with Gasteiger partial charge in [0.05, 0.1) is 6.61 Å². The molecule has 2 rings (SSSR count). The van der Waals surface area contributed by atoms with Crippen LogP contribution in [0.25, 0.3) is 0 Å². The normalized spacial score (nSPS) is 10.3. The van der Waals surface area contributed by atoms with Crippen molar-refractivity contribution in [3.8, 4) is 5.75 Å². The first-order valence-corrected chi connectivity index (χ1v) is 5.63. The number of methoxy groups -OCH3 is 1. The highest BCUT2D eigenvalue weighted by Crippen LogP contribution is 2.23. The predicted molar refractivity (Wildman–Crippen MR) is 68.1 cm³/mol. The summed E-state index contributed by atoms with van der Waals surface area (Å²) in [7, 11) is 3.50. The number of nitrogens with zero attached hydrogens (tertiary/aromatic N) is 3. The summed E-state index contributed by atoms with van der Waals surface area (Å²) in [6.45, 7) is 1.02. The highest BCUT2D eigenvalue weighted by Gasteiger charge is 2.06. The largest absolute Gasteiger partial charge is 0.487 e. The maximum atomic E-state index is 5.57. The van der Waals surface area contributed by atoms with Gasteiger partial charge < -0.3 is 14.8 Å². The Morgan fingerprint density at radius 3 is 2.94 bits per heavy atom. The summed E-state index contributed by atoms with van der Waals surface area (Å²) in [5.74, 6) is 2.06. The van der Waals surface area contributed by atoms with Gasteiger partial charge in [0.25, 0.3) is 0 Å². The summed E-state index contributed by atoms with van der Waals surface area (Å²) in [5, 5.41) is 7.34. The van der Waals surface area contributed by atoms with Gasteiger partial charge >= 0.3 is 0 Å². The van der Waals surface area contributed by atoms with Crippen molar-refractivity contribution < 1.29 is 9.47 Å². The van der Waals surface area contributed by atoms with Crippen molar-refractivity contribution >= 4 is 11.6 Å². The number of ether oxygens (including phenoxy) is 2. The van der Waals surface area contributed by atoms with Crippen LogP contribution in [0.3, 0.4) is 0 Å². The Hall–Kier alpha value is -2.08. The number of hydrogen-bond acceptors (Lipinski definition) is 5. The lowest BCUT2D eigenvalue weighted by molar-refractivity contribution is 0.146. The average molecular weight is 248 g/mol. The minimum absolute atomic E-state index is 0.485. The molecular weight excluding hydrogens is 232 g/mol. The first kappa shape index (κ1) is 12.4. The van der Waals surface area contributed by atoms with Gasteiger partial charge in [0.15, 0.2) is 17.4 Å². The molecule has 0 aliphatic rings. The topological polar surface area (TPSA) is 61.2 Å². The highest BCUT2D eigenvalue weighted by molar-refractivity contribution is 5.58. The third kappa shape index (κ3) is 3.21. The van der Waals surface area contributed by atoms with E-state index in [0.29, 0.717) is 24.8 Å². The predicted octanol–water partition coefficient (Wildman–Crippen LogP) is 1.58. The first-order valence-electron chi connectivity index (χ1n) is 5.63. The molecule has 0 saturated heterocycles. The van der Waals surface area contributed by atoms with Crippen LogP contribution in [0.4, 0.5) is 11.6 Å². The van der Waals surface area contributed by atoms with Crippen LogP contribution < -0.4 is 10.1 Å². The molecule has 0 spiro atoms. The molecule has 0 bridgehead atoms. The van der Waals surface area contributed by atoms with Gasteiger partial charge in [0.2, 0.25) is 0 Å². The molecule has 2 aromatic heterocycles. The van der Waals surface area contributed by atoms with Crippen LogP contribution in [0.5, 0.6) is 5.75 Å². The number of rotatable bonds is 6. The molecule has 96 valence electrons. The molecule has 0 amide bonds. The molecule has 0 saturated carbocycles. The second kappa shape index (κ2) is 6.02. The number of hydrogen-bond donors (Lipinski definition) is 1. The second-order valence-electron chi connectivity index (χ2n) is 3.69. The number of aromatic nitrogens is 3. The van der Waals surface area contributed by atoms with Crippen molar-refractivity contribution in [3.05, 3.63) is 30.6 Å². The lowest BCUT2D eigenvalue weighted by atomic mass is 10.4. The Balaban J connectivity index is 2.07. The molecule has 0 fully saturated rings. The number of anilines is 2. The van der Waals surface area contributed by atoms with Crippen molar-refractivity contribution in [2.75, 3.05) is 25.6 Å². The lowest BCUT2D eigenvalue weighted by Crippen LogP contribution is -2.06. The van der Waals surface area contributed by atoms with E-state index in [0.717, 1.165) is 5.82 Å². The molecule has 6 heteroatoms. The van der Waals surface area contributed by atoms with E-state index in [2.05, 4.69) is 15.4 Å². The summed E-state index contributed by atoms with van der Waals surface area (Å²) in [5.41, 5.74) is 0. The molecule has 2 heterocycles. The Kier molecular flexibility index (Phi) is 4.14. The van der Waals surface area contributed by atoms with E-state index < -0.39 is 0 Å². The van der Waals surface area contributed by atoms with Gasteiger partial charge in [0, 0.05) is 32.6 Å². The van der Waals surface area contributed by atoms with E-state index >= 15 is 0 Å². The molecular formula is C12H16N4O2. The minimum atomic E-state index is 0.485. The van der Waals surface area contributed by atoms with Crippen molar-refractivity contribution in [1.82, 2.24) is 14.8 Å². The van der Waals surface area contributed by atoms with Crippen LogP contribution in [0.1, 0.15) is 0 Å². The van der Waals surface area contributed by atoms with Crippen LogP contribution in [0, 0.1) is 0 Å². The van der Waals surface area contributed by atoms with E-state index in [1.54, 1.807) is 18.0 Å². The van der Waals surface area contributed by atoms with Crippen molar-refractivity contribution in [2.45, 2.75) is 0 Å². The van der Waals surface area contributed by atoms with Crippen LogP contribution in [0.15, 0.2) is 30.6 Å². The Morgan fingerprint density at radius 2 is 2.22 bits per heavy atom. The fourth-order valence-electron chi connectivity index (χ4n) is 1.44. The third-order valence-corrected chi connectivity index (χ3v) is 2.28. The highest BCUT2D eigenvalue weighted by atomic mass is 16.5. The second-order valence-corrected chi connectivity index (χ2v) is 3.69. The summed E-state index contributed by atoms with van der Waals surface area (Å²) < 4.78 is 12.2. The van der Waals surface area contributed by atoms with E-state index in [4.69, 9.17) is 9.47 Å². The molecule has 0 aliphatic carbocycles. The fourth-order valence-corrected chi connectivity index (χ4v) is 1.44. The van der Waals surface area contributed by atoms with Crippen molar-refractivity contribution in [3.63, 3.8) is 0 Å². The molecule has 0 radical (unpaired) electrons. The number of aryl methyl sites for hydroxylation is 1. The fraction of sp³-hybridized carbons (Fsp3) is 0.333. The number of nitrogens with one attached hydrogen (secondary N) is 1. The summed E-state index contributed by atoms with van der Waals surface area (Å²) in [6, 6.07) is 5.55. The molecule has 6 nitrogen and oxygen atoms in total. The Bertz CT molecular complexity index is 498. The Labute approximate surface area is 106 Å². The maximum Gasteiger partial charge on any atom is 0.174 e. The van der Waals surface area contributed by atoms with Gasteiger partial charge in [-0.25, -0.2) is 4.98 Å². The lowest BCUT2D eigenvalue weighted by Gasteiger charge is -2.10. The van der Waals surface area contributed by atoms with Gasteiger partial charge in [0.1, 0.15) is 6.61 Å². The SMILES string of the molecule is COCCOc1cccnc1Nc1ccn(C)n1. The van der Waals surface area contributed by atoms with Crippen molar-refractivity contribution in [1.29, 1.82) is 0 Å². The van der Waals surface area contributed by atoms with E-state index in [-0.39, 0.29) is 0 Å². The summed E-state index contributed by atoms with van der Waals surface area (Å²) in [4.78, 5) is 4.24. The summed E-state index contributed by atoms with van der Waals surface area (Å²) >= 11 is 0. The first-order chi connectivity index (χ1) is 8.79. The van der Waals surface area contributed by atoms with Crippen LogP contribution in [-0.4, -0.2) is 35.1 Å². The molecule has 1 N–H and O–H groups in total. The molecule has 2 aromatic rings. The summed E-state index contributed by atoms with van der Waals surface area (Å²) in [6.07, 6.45) is 3.56. The monoisotopic (exact) mass is 248 g/mol. The van der Waals surface area contributed by atoms with Gasteiger partial charge in [-0.1, -0.05) is 0 Å². The number of pyridine rings is 1. The zero-order valence-electron chi connectivity index (χ0n) is 10.5. The van der Waals surface area contributed by atoms with Crippen LogP contribution in [-0.2, 0) is 11.8 Å². The van der Waals surface area contributed by atoms with Gasteiger partial charge in [-0.3, -0.25) is 4.68 Å². The van der Waals surface area contributed by atoms with Crippen LogP contribution >= 0.6 is 0 Å². The molecule has 0 aliphatic heterocycles. The molecule has 0 atom stereocenters. The van der Waals surface area contributed by atoms with E-state index in [1.165, 1.54) is 0 Å². The third-order valence-electron chi connectivity index (χ3n) is 2.28. The molecule has 18 heavy (non-hydrogen) atoms. The van der Waals surface area contributed by atoms with E-state index in [9.17, 15) is 0 Å².